The summed E-state index contributed by atoms with van der Waals surface area (Å²) in [5.41, 5.74) is 0. The molecule has 0 aromatic heterocycles. The van der Waals surface area contributed by atoms with E-state index in [-0.39, 0.29) is 36.6 Å². The normalized spacial score (nSPS) is 7.74. The number of carboxylic acids is 3. The van der Waals surface area contributed by atoms with E-state index in [0.717, 1.165) is 0 Å². The van der Waals surface area contributed by atoms with Gasteiger partial charge in [0.15, 0.2) is 0 Å². The summed E-state index contributed by atoms with van der Waals surface area (Å²) >= 11 is 0. The molecule has 0 rings (SSSR count). The van der Waals surface area contributed by atoms with Gasteiger partial charge in [-0.2, -0.15) is 0 Å². The summed E-state index contributed by atoms with van der Waals surface area (Å²) in [6.45, 7) is 5.40. The fraction of sp³-hybridized carbons (Fsp3) is 0.750. The fourth-order valence-electron chi connectivity index (χ4n) is 0.612. The van der Waals surface area contributed by atoms with E-state index in [1.807, 2.05) is 0 Å². The quantitative estimate of drug-likeness (QED) is 0.595. The molecule has 0 unspecified atom stereocenters. The van der Waals surface area contributed by atoms with Crippen molar-refractivity contribution in [1.29, 1.82) is 0 Å². The molecule has 0 aliphatic heterocycles. The molecular weight excluding hydrogens is 292 g/mol. The largest absolute Gasteiger partial charge is 2.00 e. The first-order chi connectivity index (χ1) is 8.31. The van der Waals surface area contributed by atoms with Crippen LogP contribution in [0.2, 0.25) is 0 Å². The van der Waals surface area contributed by atoms with E-state index < -0.39 is 17.9 Å². The van der Waals surface area contributed by atoms with Crippen molar-refractivity contribution >= 4 is 17.9 Å². The van der Waals surface area contributed by atoms with Gasteiger partial charge in [0.2, 0.25) is 0 Å². The number of carbonyl (C=O) groups excluding carboxylic acids is 3. The van der Waals surface area contributed by atoms with E-state index in [1.54, 1.807) is 20.8 Å². The van der Waals surface area contributed by atoms with Gasteiger partial charge in [0, 0.05) is 17.9 Å². The van der Waals surface area contributed by atoms with E-state index in [1.165, 1.54) is 0 Å². The number of rotatable bonds is 6. The Balaban J connectivity index is -0.0000000865. The summed E-state index contributed by atoms with van der Waals surface area (Å²) in [5.74, 6) is -2.88. The molecule has 0 radical (unpaired) electrons. The second-order valence-electron chi connectivity index (χ2n) is 3.37. The van der Waals surface area contributed by atoms with Crippen LogP contribution in [0.4, 0.5) is 0 Å². The molecule has 0 bridgehead atoms. The molecule has 6 nitrogen and oxygen atoms in total. The van der Waals surface area contributed by atoms with Crippen molar-refractivity contribution in [2.75, 3.05) is 0 Å². The maximum Gasteiger partial charge on any atom is 2.00 e. The minimum absolute atomic E-state index is 0. The molecule has 0 saturated carbocycles. The maximum atomic E-state index is 9.49. The van der Waals surface area contributed by atoms with E-state index in [0.29, 0.717) is 19.3 Å². The molecule has 0 spiro atoms. The Kier molecular flexibility index (Phi) is 30.9. The van der Waals surface area contributed by atoms with Crippen LogP contribution < -0.4 is 15.3 Å². The van der Waals surface area contributed by atoms with E-state index in [2.05, 4.69) is 0 Å². The number of hydrogen-bond donors (Lipinski definition) is 0. The van der Waals surface area contributed by atoms with Crippen LogP contribution in [0.15, 0.2) is 0 Å². The Morgan fingerprint density at radius 3 is 0.789 bits per heavy atom. The van der Waals surface area contributed by atoms with Gasteiger partial charge in [0.25, 0.3) is 0 Å². The molecule has 0 atom stereocenters. The van der Waals surface area contributed by atoms with Crippen LogP contribution in [0.3, 0.4) is 0 Å². The smallest absolute Gasteiger partial charge is 0.550 e. The second-order valence-corrected chi connectivity index (χ2v) is 3.37. The average molecular weight is 313 g/mol. The molecule has 0 aliphatic rings. The summed E-state index contributed by atoms with van der Waals surface area (Å²) in [6.07, 6.45) is 2.55. The molecule has 7 heteroatoms. The number of carboxylic acid groups (broad SMARTS) is 3. The molecule has 0 heterocycles. The zero-order valence-corrected chi connectivity index (χ0v) is 12.9. The molecule has 0 N–H and O–H groups in total. The van der Waals surface area contributed by atoms with Crippen LogP contribution in [0.5, 0.6) is 0 Å². The summed E-state index contributed by atoms with van der Waals surface area (Å²) in [5, 5.41) is 28.5. The van der Waals surface area contributed by atoms with Gasteiger partial charge in [-0.1, -0.05) is 40.0 Å². The van der Waals surface area contributed by atoms with Crippen LogP contribution in [0, 0.1) is 0 Å². The number of aliphatic carboxylic acids is 3. The summed E-state index contributed by atoms with van der Waals surface area (Å²) in [6, 6.07) is 0. The predicted octanol–water partition coefficient (Wildman–Crippen LogP) is -1.39. The van der Waals surface area contributed by atoms with Crippen molar-refractivity contribution in [3.8, 4) is 0 Å². The van der Waals surface area contributed by atoms with Crippen LogP contribution >= 0.6 is 0 Å². The molecule has 0 fully saturated rings. The van der Waals surface area contributed by atoms with Crippen LogP contribution in [0.1, 0.15) is 59.3 Å². The van der Waals surface area contributed by atoms with Gasteiger partial charge < -0.3 is 29.7 Å². The monoisotopic (exact) mass is 313 g/mol. The molecular formula is C12H21CrO6-. The molecule has 0 aliphatic carbocycles. The predicted molar refractivity (Wildman–Crippen MR) is 59.7 cm³/mol. The standard InChI is InChI=1S/3C4H8O2.Cr/c3*1-2-3-4(5)6;/h3*2-3H2,1H3,(H,5,6);/q;;;+2/p-3. The van der Waals surface area contributed by atoms with Crippen molar-refractivity contribution in [1.82, 2.24) is 0 Å². The summed E-state index contributed by atoms with van der Waals surface area (Å²) in [7, 11) is 0. The first-order valence-electron chi connectivity index (χ1n) is 5.91. The van der Waals surface area contributed by atoms with Crippen LogP contribution in [0.25, 0.3) is 0 Å². The summed E-state index contributed by atoms with van der Waals surface area (Å²) in [4.78, 5) is 28.5. The van der Waals surface area contributed by atoms with E-state index >= 15 is 0 Å². The van der Waals surface area contributed by atoms with Gasteiger partial charge in [-0.05, 0) is 19.3 Å². The van der Waals surface area contributed by atoms with Gasteiger partial charge in [-0.25, -0.2) is 0 Å². The number of carbonyl (C=O) groups is 3. The Morgan fingerprint density at radius 2 is 0.789 bits per heavy atom. The SMILES string of the molecule is CCCC(=O)[O-].CCCC(=O)[O-].CCCC(=O)[O-].[Cr+2]. The Hall–Kier alpha value is -1.06. The third kappa shape index (κ3) is 60.0. The number of hydrogen-bond acceptors (Lipinski definition) is 6. The molecule has 112 valence electrons. The zero-order valence-electron chi connectivity index (χ0n) is 11.6. The van der Waals surface area contributed by atoms with Gasteiger partial charge in [-0.3, -0.25) is 0 Å². The molecule has 0 amide bonds. The molecule has 0 aromatic rings. The van der Waals surface area contributed by atoms with Crippen molar-refractivity contribution in [2.45, 2.75) is 59.3 Å². The third-order valence-electron chi connectivity index (χ3n) is 1.36. The first-order valence-corrected chi connectivity index (χ1v) is 5.91. The maximum absolute atomic E-state index is 9.49. The molecule has 19 heavy (non-hydrogen) atoms. The third-order valence-corrected chi connectivity index (χ3v) is 1.36. The zero-order chi connectivity index (χ0) is 15.0. The Labute approximate surface area is 125 Å². The minimum atomic E-state index is -0.961. The van der Waals surface area contributed by atoms with E-state index in [4.69, 9.17) is 0 Å². The first kappa shape index (κ1) is 26.5. The average Bonchev–Trinajstić information content (AvgIpc) is 2.18. The topological polar surface area (TPSA) is 120 Å². The van der Waals surface area contributed by atoms with Crippen LogP contribution in [-0.4, -0.2) is 17.9 Å². The Bertz CT molecular complexity index is 192. The van der Waals surface area contributed by atoms with E-state index in [9.17, 15) is 29.7 Å². The van der Waals surface area contributed by atoms with Crippen molar-refractivity contribution in [3.63, 3.8) is 0 Å². The van der Waals surface area contributed by atoms with Crippen LogP contribution in [-0.2, 0) is 31.7 Å². The van der Waals surface area contributed by atoms with Crippen molar-refractivity contribution in [3.05, 3.63) is 0 Å². The van der Waals surface area contributed by atoms with Crippen molar-refractivity contribution in [2.24, 2.45) is 0 Å². The van der Waals surface area contributed by atoms with Gasteiger partial charge in [-0.15, -0.1) is 0 Å². The molecule has 0 aromatic carbocycles. The summed E-state index contributed by atoms with van der Waals surface area (Å²) < 4.78 is 0. The van der Waals surface area contributed by atoms with Gasteiger partial charge in [0.1, 0.15) is 0 Å². The minimum Gasteiger partial charge on any atom is -0.550 e. The van der Waals surface area contributed by atoms with Gasteiger partial charge >= 0.3 is 17.4 Å². The fourth-order valence-corrected chi connectivity index (χ4v) is 0.612. The van der Waals surface area contributed by atoms with Crippen molar-refractivity contribution < 1.29 is 47.1 Å². The van der Waals surface area contributed by atoms with Gasteiger partial charge in [0.05, 0.1) is 0 Å². The Morgan fingerprint density at radius 1 is 0.632 bits per heavy atom. The second kappa shape index (κ2) is 22.2. The molecule has 0 saturated heterocycles.